The predicted octanol–water partition coefficient (Wildman–Crippen LogP) is 5.28. The maximum absolute atomic E-state index is 12.5. The van der Waals surface area contributed by atoms with Crippen LogP contribution >= 0.6 is 0 Å². The Balaban J connectivity index is 1.68. The van der Waals surface area contributed by atoms with Crippen LogP contribution in [0.15, 0.2) is 12.1 Å². The second-order valence-corrected chi connectivity index (χ2v) is 7.74. The fourth-order valence-corrected chi connectivity index (χ4v) is 4.06. The molecular weight excluding hydrogens is 328 g/mol. The Hall–Kier alpha value is -1.84. The van der Waals surface area contributed by atoms with E-state index in [1.165, 1.54) is 12.8 Å². The Kier molecular flexibility index (Phi) is 6.33. The van der Waals surface area contributed by atoms with Crippen molar-refractivity contribution in [2.75, 3.05) is 0 Å². The van der Waals surface area contributed by atoms with E-state index in [4.69, 9.17) is 9.47 Å². The molecule has 0 amide bonds. The van der Waals surface area contributed by atoms with E-state index in [1.807, 2.05) is 13.8 Å². The van der Waals surface area contributed by atoms with E-state index in [2.05, 4.69) is 0 Å². The van der Waals surface area contributed by atoms with Crippen LogP contribution in [0.25, 0.3) is 0 Å². The van der Waals surface area contributed by atoms with Crippen LogP contribution in [0.5, 0.6) is 0 Å². The van der Waals surface area contributed by atoms with Crippen molar-refractivity contribution in [3.8, 4) is 0 Å². The van der Waals surface area contributed by atoms with Crippen LogP contribution < -0.4 is 0 Å². The van der Waals surface area contributed by atoms with Gasteiger partial charge in [-0.2, -0.15) is 0 Å². The van der Waals surface area contributed by atoms with E-state index in [0.29, 0.717) is 11.1 Å². The first kappa shape index (κ1) is 18.9. The minimum atomic E-state index is -0.273. The number of carbonyl (C=O) groups is 2. The van der Waals surface area contributed by atoms with Gasteiger partial charge in [-0.3, -0.25) is 0 Å². The smallest absolute Gasteiger partial charge is 0.338 e. The van der Waals surface area contributed by atoms with Gasteiger partial charge in [-0.1, -0.05) is 12.8 Å². The highest BCUT2D eigenvalue weighted by Crippen LogP contribution is 2.26. The Morgan fingerprint density at radius 1 is 0.692 bits per heavy atom. The fourth-order valence-electron chi connectivity index (χ4n) is 4.06. The van der Waals surface area contributed by atoms with Crippen LogP contribution in [0.3, 0.4) is 0 Å². The normalized spacial score (nSPS) is 19.2. The summed E-state index contributed by atoms with van der Waals surface area (Å²) in [7, 11) is 0. The first-order chi connectivity index (χ1) is 12.6. The molecule has 2 saturated carbocycles. The Bertz CT molecular complexity index is 595. The number of benzene rings is 1. The van der Waals surface area contributed by atoms with E-state index in [0.717, 1.165) is 62.5 Å². The lowest BCUT2D eigenvalue weighted by molar-refractivity contribution is 0.0195. The molecule has 2 fully saturated rings. The number of hydrogen-bond acceptors (Lipinski definition) is 4. The highest BCUT2D eigenvalue weighted by molar-refractivity contribution is 5.96. The maximum atomic E-state index is 12.5. The molecule has 0 heterocycles. The van der Waals surface area contributed by atoms with Gasteiger partial charge in [0.25, 0.3) is 0 Å². The SMILES string of the molecule is Cc1c(C(=O)OC2CCCCC2)ccc(C(=O)OC2CCCCC2)c1C. The minimum Gasteiger partial charge on any atom is -0.459 e. The lowest BCUT2D eigenvalue weighted by Crippen LogP contribution is -2.23. The number of esters is 2. The molecule has 0 bridgehead atoms. The summed E-state index contributed by atoms with van der Waals surface area (Å²) in [6, 6.07) is 3.43. The molecule has 2 aliphatic rings. The van der Waals surface area contributed by atoms with Crippen LogP contribution in [0.1, 0.15) is 96.1 Å². The molecule has 1 aromatic carbocycles. The second-order valence-electron chi connectivity index (χ2n) is 7.74. The summed E-state index contributed by atoms with van der Waals surface area (Å²) in [5.41, 5.74) is 2.73. The van der Waals surface area contributed by atoms with Gasteiger partial charge in [0, 0.05) is 0 Å². The topological polar surface area (TPSA) is 52.6 Å². The van der Waals surface area contributed by atoms with Gasteiger partial charge in [0.1, 0.15) is 12.2 Å². The van der Waals surface area contributed by atoms with Crippen molar-refractivity contribution in [1.82, 2.24) is 0 Å². The average molecular weight is 358 g/mol. The molecule has 0 N–H and O–H groups in total. The zero-order valence-electron chi connectivity index (χ0n) is 16.0. The molecule has 2 aliphatic carbocycles. The predicted molar refractivity (Wildman–Crippen MR) is 100 cm³/mol. The van der Waals surface area contributed by atoms with Crippen molar-refractivity contribution in [3.63, 3.8) is 0 Å². The molecule has 0 atom stereocenters. The lowest BCUT2D eigenvalue weighted by Gasteiger charge is -2.23. The number of rotatable bonds is 4. The third-order valence-corrected chi connectivity index (χ3v) is 5.88. The quantitative estimate of drug-likeness (QED) is 0.687. The monoisotopic (exact) mass is 358 g/mol. The summed E-state index contributed by atoms with van der Waals surface area (Å²) in [4.78, 5) is 25.1. The van der Waals surface area contributed by atoms with E-state index in [-0.39, 0.29) is 24.1 Å². The van der Waals surface area contributed by atoms with E-state index < -0.39 is 0 Å². The third kappa shape index (κ3) is 4.46. The van der Waals surface area contributed by atoms with Gasteiger partial charge in [0.2, 0.25) is 0 Å². The zero-order chi connectivity index (χ0) is 18.5. The molecular formula is C22H30O4. The molecule has 0 aliphatic heterocycles. The third-order valence-electron chi connectivity index (χ3n) is 5.88. The molecule has 0 aromatic heterocycles. The molecule has 0 radical (unpaired) electrons. The summed E-state index contributed by atoms with van der Waals surface area (Å²) < 4.78 is 11.4. The van der Waals surface area contributed by atoms with Crippen molar-refractivity contribution in [3.05, 3.63) is 34.4 Å². The lowest BCUT2D eigenvalue weighted by atomic mass is 9.96. The number of carbonyl (C=O) groups excluding carboxylic acids is 2. The van der Waals surface area contributed by atoms with Gasteiger partial charge in [0.15, 0.2) is 0 Å². The van der Waals surface area contributed by atoms with Crippen LogP contribution in [-0.4, -0.2) is 24.1 Å². The van der Waals surface area contributed by atoms with Crippen LogP contribution in [-0.2, 0) is 9.47 Å². The highest BCUT2D eigenvalue weighted by Gasteiger charge is 2.24. The standard InChI is InChI=1S/C22H30O4/c1-15-16(2)20(22(24)26-18-11-7-4-8-12-18)14-13-19(15)21(23)25-17-9-5-3-6-10-17/h13-14,17-18H,3-12H2,1-2H3. The first-order valence-corrected chi connectivity index (χ1v) is 10.1. The van der Waals surface area contributed by atoms with Gasteiger partial charge >= 0.3 is 11.9 Å². The van der Waals surface area contributed by atoms with E-state index >= 15 is 0 Å². The fraction of sp³-hybridized carbons (Fsp3) is 0.636. The van der Waals surface area contributed by atoms with Crippen LogP contribution in [0.4, 0.5) is 0 Å². The molecule has 0 spiro atoms. The van der Waals surface area contributed by atoms with Crippen molar-refractivity contribution in [1.29, 1.82) is 0 Å². The summed E-state index contributed by atoms with van der Waals surface area (Å²) in [5, 5.41) is 0. The Morgan fingerprint density at radius 3 is 1.38 bits per heavy atom. The molecule has 1 aromatic rings. The first-order valence-electron chi connectivity index (χ1n) is 10.1. The molecule has 4 heteroatoms. The molecule has 4 nitrogen and oxygen atoms in total. The summed E-state index contributed by atoms with van der Waals surface area (Å²) in [5.74, 6) is -0.547. The molecule has 142 valence electrons. The van der Waals surface area contributed by atoms with Crippen molar-refractivity contribution >= 4 is 11.9 Å². The summed E-state index contributed by atoms with van der Waals surface area (Å²) >= 11 is 0. The number of hydrogen-bond donors (Lipinski definition) is 0. The summed E-state index contributed by atoms with van der Waals surface area (Å²) in [6.07, 6.45) is 10.8. The largest absolute Gasteiger partial charge is 0.459 e. The summed E-state index contributed by atoms with van der Waals surface area (Å²) in [6.45, 7) is 3.76. The van der Waals surface area contributed by atoms with Crippen LogP contribution in [0.2, 0.25) is 0 Å². The van der Waals surface area contributed by atoms with Gasteiger partial charge < -0.3 is 9.47 Å². The molecule has 3 rings (SSSR count). The van der Waals surface area contributed by atoms with Crippen LogP contribution in [0, 0.1) is 13.8 Å². The Labute approximate surface area is 156 Å². The minimum absolute atomic E-state index is 0.0342. The Morgan fingerprint density at radius 2 is 1.04 bits per heavy atom. The zero-order valence-corrected chi connectivity index (χ0v) is 16.0. The van der Waals surface area contributed by atoms with Gasteiger partial charge in [-0.25, -0.2) is 9.59 Å². The highest BCUT2D eigenvalue weighted by atomic mass is 16.5. The second kappa shape index (κ2) is 8.70. The van der Waals surface area contributed by atoms with E-state index in [1.54, 1.807) is 12.1 Å². The molecule has 0 unspecified atom stereocenters. The van der Waals surface area contributed by atoms with Crippen molar-refractivity contribution < 1.29 is 19.1 Å². The molecule has 26 heavy (non-hydrogen) atoms. The molecule has 0 saturated heterocycles. The number of ether oxygens (including phenoxy) is 2. The average Bonchev–Trinajstić information content (AvgIpc) is 2.65. The maximum Gasteiger partial charge on any atom is 0.338 e. The van der Waals surface area contributed by atoms with Gasteiger partial charge in [0.05, 0.1) is 11.1 Å². The van der Waals surface area contributed by atoms with E-state index in [9.17, 15) is 9.59 Å². The van der Waals surface area contributed by atoms with Crippen molar-refractivity contribution in [2.24, 2.45) is 0 Å². The van der Waals surface area contributed by atoms with Gasteiger partial charge in [-0.05, 0) is 88.5 Å². The van der Waals surface area contributed by atoms with Crippen molar-refractivity contribution in [2.45, 2.75) is 90.3 Å². The van der Waals surface area contributed by atoms with Gasteiger partial charge in [-0.15, -0.1) is 0 Å².